The molecule has 4 nitrogen and oxygen atoms in total. The van der Waals surface area contributed by atoms with E-state index in [1.54, 1.807) is 0 Å². The summed E-state index contributed by atoms with van der Waals surface area (Å²) in [5.41, 5.74) is 17.0. The lowest BCUT2D eigenvalue weighted by Crippen LogP contribution is -2.48. The normalized spacial score (nSPS) is 19.5. The van der Waals surface area contributed by atoms with Crippen molar-refractivity contribution in [2.75, 3.05) is 9.80 Å². The van der Waals surface area contributed by atoms with Gasteiger partial charge in [-0.15, -0.1) is 0 Å². The summed E-state index contributed by atoms with van der Waals surface area (Å²) in [6, 6.07) is 42.1. The molecule has 0 spiro atoms. The van der Waals surface area contributed by atoms with Crippen LogP contribution in [0.5, 0.6) is 0 Å². The quantitative estimate of drug-likeness (QED) is 0.187. The Balaban J connectivity index is 1.25. The molecular weight excluding hydrogens is 609 g/mol. The number of fused-ring (bicyclic) bond motifs is 1. The van der Waals surface area contributed by atoms with Gasteiger partial charge in [0.1, 0.15) is 0 Å². The van der Waals surface area contributed by atoms with Crippen molar-refractivity contribution in [2.45, 2.75) is 50.5 Å². The van der Waals surface area contributed by atoms with Crippen molar-refractivity contribution in [3.8, 4) is 22.5 Å². The molecule has 0 fully saturated rings. The topological polar surface area (TPSA) is 32.3 Å². The van der Waals surface area contributed by atoms with E-state index in [9.17, 15) is 0 Å². The number of allylic oxidation sites excluding steroid dienone is 2. The molecule has 6 aromatic rings. The zero-order valence-electron chi connectivity index (χ0n) is 28.8. The number of para-hydroxylation sites is 1. The van der Waals surface area contributed by atoms with Gasteiger partial charge in [0.05, 0.1) is 23.1 Å². The van der Waals surface area contributed by atoms with Crippen LogP contribution in [0.4, 0.5) is 28.4 Å². The van der Waals surface area contributed by atoms with Gasteiger partial charge in [-0.1, -0.05) is 101 Å². The zero-order valence-corrected chi connectivity index (χ0v) is 28.8. The number of hydrogen-bond donors (Lipinski definition) is 0. The van der Waals surface area contributed by atoms with Crippen LogP contribution in [0.1, 0.15) is 55.9 Å². The first-order valence-electron chi connectivity index (χ1n) is 17.7. The Bertz CT molecular complexity index is 2320. The second-order valence-corrected chi connectivity index (χ2v) is 15.1. The van der Waals surface area contributed by atoms with Gasteiger partial charge < -0.3 is 9.80 Å². The minimum atomic E-state index is -0.201. The molecule has 4 aliphatic rings. The van der Waals surface area contributed by atoms with E-state index in [-0.39, 0.29) is 10.8 Å². The molecule has 10 rings (SSSR count). The van der Waals surface area contributed by atoms with Crippen LogP contribution in [0.2, 0.25) is 0 Å². The predicted octanol–water partition coefficient (Wildman–Crippen LogP) is 11.3. The fourth-order valence-corrected chi connectivity index (χ4v) is 9.21. The van der Waals surface area contributed by atoms with Crippen molar-refractivity contribution in [3.05, 3.63) is 174 Å². The van der Waals surface area contributed by atoms with Crippen LogP contribution in [-0.2, 0) is 10.8 Å². The minimum absolute atomic E-state index is 0.169. The van der Waals surface area contributed by atoms with E-state index in [1.807, 2.05) is 24.5 Å². The minimum Gasteiger partial charge on any atom is -0.332 e. The number of anilines is 5. The fraction of sp³-hybridized carbons (Fsp3) is 0.174. The molecule has 242 valence electrons. The van der Waals surface area contributed by atoms with Gasteiger partial charge in [0.15, 0.2) is 0 Å². The third-order valence-corrected chi connectivity index (χ3v) is 11.7. The van der Waals surface area contributed by atoms with Gasteiger partial charge in [-0.25, -0.2) is 0 Å². The number of benzene rings is 4. The Kier molecular flexibility index (Phi) is 6.06. The Morgan fingerprint density at radius 3 is 1.82 bits per heavy atom. The molecule has 0 saturated carbocycles. The van der Waals surface area contributed by atoms with E-state index in [0.29, 0.717) is 12.0 Å². The van der Waals surface area contributed by atoms with Crippen LogP contribution in [0, 0.1) is 0 Å². The van der Waals surface area contributed by atoms with Gasteiger partial charge in [-0.2, -0.15) is 0 Å². The largest absolute Gasteiger partial charge is 0.332 e. The maximum Gasteiger partial charge on any atom is 0.0702 e. The molecule has 4 heteroatoms. The average Bonchev–Trinajstić information content (AvgIpc) is 3.49. The van der Waals surface area contributed by atoms with E-state index in [1.165, 1.54) is 39.2 Å². The highest BCUT2D eigenvalue weighted by Crippen LogP contribution is 2.66. The first-order chi connectivity index (χ1) is 24.3. The molecule has 2 unspecified atom stereocenters. The average molecular weight is 647 g/mol. The molecule has 4 aromatic carbocycles. The molecule has 3 aliphatic heterocycles. The monoisotopic (exact) mass is 646 g/mol. The number of pyridine rings is 2. The maximum atomic E-state index is 4.71. The predicted molar refractivity (Wildman–Crippen MR) is 205 cm³/mol. The van der Waals surface area contributed by atoms with E-state index >= 15 is 0 Å². The lowest BCUT2D eigenvalue weighted by Gasteiger charge is -2.52. The highest BCUT2D eigenvalue weighted by molar-refractivity contribution is 5.93. The Labute approximate surface area is 294 Å². The molecule has 50 heavy (non-hydrogen) atoms. The van der Waals surface area contributed by atoms with E-state index in [4.69, 9.17) is 9.97 Å². The van der Waals surface area contributed by atoms with Gasteiger partial charge >= 0.3 is 0 Å². The lowest BCUT2D eigenvalue weighted by molar-refractivity contribution is 0.502. The molecule has 0 N–H and O–H groups in total. The van der Waals surface area contributed by atoms with Crippen LogP contribution in [-0.4, -0.2) is 16.0 Å². The van der Waals surface area contributed by atoms with Crippen molar-refractivity contribution in [3.63, 3.8) is 0 Å². The third kappa shape index (κ3) is 3.99. The van der Waals surface area contributed by atoms with Crippen LogP contribution in [0.3, 0.4) is 0 Å². The van der Waals surface area contributed by atoms with Crippen molar-refractivity contribution >= 4 is 28.4 Å². The van der Waals surface area contributed by atoms with Gasteiger partial charge in [-0.05, 0) is 88.5 Å². The zero-order chi connectivity index (χ0) is 33.8. The summed E-state index contributed by atoms with van der Waals surface area (Å²) >= 11 is 0. The summed E-state index contributed by atoms with van der Waals surface area (Å²) in [5.74, 6) is 0.360. The van der Waals surface area contributed by atoms with Gasteiger partial charge in [-0.3, -0.25) is 9.97 Å². The molecule has 1 aliphatic carbocycles. The van der Waals surface area contributed by atoms with Crippen molar-refractivity contribution in [2.24, 2.45) is 0 Å². The first-order valence-corrected chi connectivity index (χ1v) is 17.7. The summed E-state index contributed by atoms with van der Waals surface area (Å²) in [6.45, 7) is 9.71. The van der Waals surface area contributed by atoms with Crippen molar-refractivity contribution in [1.82, 2.24) is 9.97 Å². The molecule has 0 saturated heterocycles. The molecular formula is C46H38N4. The second kappa shape index (κ2) is 10.4. The van der Waals surface area contributed by atoms with Crippen molar-refractivity contribution in [1.29, 1.82) is 0 Å². The second-order valence-electron chi connectivity index (χ2n) is 15.1. The Morgan fingerprint density at radius 2 is 1.20 bits per heavy atom. The molecule has 0 radical (unpaired) electrons. The van der Waals surface area contributed by atoms with E-state index < -0.39 is 0 Å². The number of hydrogen-bond acceptors (Lipinski definition) is 4. The highest BCUT2D eigenvalue weighted by Gasteiger charge is 2.55. The molecule has 2 aromatic heterocycles. The summed E-state index contributed by atoms with van der Waals surface area (Å²) < 4.78 is 0. The van der Waals surface area contributed by atoms with E-state index in [2.05, 4.69) is 159 Å². The lowest BCUT2D eigenvalue weighted by atomic mass is 9.64. The van der Waals surface area contributed by atoms with Crippen LogP contribution in [0.25, 0.3) is 22.5 Å². The van der Waals surface area contributed by atoms with E-state index in [0.717, 1.165) is 39.6 Å². The molecule has 0 bridgehead atoms. The Morgan fingerprint density at radius 1 is 0.580 bits per heavy atom. The number of aromatic nitrogens is 2. The number of nitrogens with zero attached hydrogens (tertiary/aromatic N) is 4. The Hall–Kier alpha value is -5.74. The van der Waals surface area contributed by atoms with Gasteiger partial charge in [0.25, 0.3) is 0 Å². The highest BCUT2D eigenvalue weighted by atomic mass is 15.2. The third-order valence-electron chi connectivity index (χ3n) is 11.7. The standard InChI is InChI=1S/C46H38N4/c1-45(2)36-19-11-17-34-35-18-12-20-37-43(35)50(42(34)36)44-38(45)27-33(28-39(44)46(37,3)4)49(31-15-9-13-29(25-31)40-21-5-7-23-47-40)32-16-10-14-30(26-32)41-22-6-8-24-48-41/h5-28,34,42H,1-4H3. The number of rotatable bonds is 5. The molecule has 0 amide bonds. The summed E-state index contributed by atoms with van der Waals surface area (Å²) in [4.78, 5) is 14.6. The SMILES string of the molecule is CC1(C)C2=CC=CC3c4cccc5c4N(c4c1cc(N(c1cccc(-c6ccccn6)c1)c1cccc(-c6ccccn6)c1)cc4C5(C)C)C23. The fourth-order valence-electron chi connectivity index (χ4n) is 9.21. The first kappa shape index (κ1) is 29.2. The van der Waals surface area contributed by atoms with Gasteiger partial charge in [0, 0.05) is 63.0 Å². The molecule has 5 heterocycles. The molecule has 2 atom stereocenters. The summed E-state index contributed by atoms with van der Waals surface area (Å²) in [7, 11) is 0. The van der Waals surface area contributed by atoms with Crippen LogP contribution in [0.15, 0.2) is 151 Å². The summed E-state index contributed by atoms with van der Waals surface area (Å²) in [6.07, 6.45) is 10.9. The maximum absolute atomic E-state index is 4.71. The summed E-state index contributed by atoms with van der Waals surface area (Å²) in [5, 5.41) is 0. The van der Waals surface area contributed by atoms with Crippen LogP contribution < -0.4 is 9.80 Å². The van der Waals surface area contributed by atoms with Gasteiger partial charge in [0.2, 0.25) is 0 Å². The smallest absolute Gasteiger partial charge is 0.0702 e. The van der Waals surface area contributed by atoms with Crippen LogP contribution >= 0.6 is 0 Å². The van der Waals surface area contributed by atoms with Crippen molar-refractivity contribution < 1.29 is 0 Å².